The fraction of sp³-hybridized carbons (Fsp3) is 0.455. The Morgan fingerprint density at radius 3 is 2.92 bits per heavy atom. The Bertz CT molecular complexity index is 331. The Hall–Kier alpha value is -0.860. The molecule has 0 aromatic heterocycles. The van der Waals surface area contributed by atoms with Gasteiger partial charge in [0.25, 0.3) is 0 Å². The van der Waals surface area contributed by atoms with E-state index in [-0.39, 0.29) is 5.60 Å². The number of benzene rings is 1. The van der Waals surface area contributed by atoms with Gasteiger partial charge in [-0.1, -0.05) is 18.2 Å². The van der Waals surface area contributed by atoms with Gasteiger partial charge in [0.2, 0.25) is 0 Å². The summed E-state index contributed by atoms with van der Waals surface area (Å²) in [6.45, 7) is 5.52. The van der Waals surface area contributed by atoms with Crippen molar-refractivity contribution in [2.45, 2.75) is 32.6 Å². The quantitative estimate of drug-likeness (QED) is 0.711. The van der Waals surface area contributed by atoms with Gasteiger partial charge in [-0.05, 0) is 30.5 Å². The van der Waals surface area contributed by atoms with Crippen molar-refractivity contribution in [3.05, 3.63) is 34.9 Å². The summed E-state index contributed by atoms with van der Waals surface area (Å²) < 4.78 is 5.67. The SMILES string of the molecule is CC1(C)OCc2ccc(CN)cc21. The minimum atomic E-state index is -0.138. The molecule has 0 unspecified atom stereocenters. The van der Waals surface area contributed by atoms with Gasteiger partial charge in [0.15, 0.2) is 0 Å². The number of nitrogens with two attached hydrogens (primary N) is 1. The third kappa shape index (κ3) is 1.36. The van der Waals surface area contributed by atoms with Crippen LogP contribution in [0.3, 0.4) is 0 Å². The standard InChI is InChI=1S/C11H15NO/c1-11(2)10-5-8(6-12)3-4-9(10)7-13-11/h3-5H,6-7,12H2,1-2H3. The second kappa shape index (κ2) is 2.82. The van der Waals surface area contributed by atoms with Crippen molar-refractivity contribution >= 4 is 0 Å². The molecule has 0 amide bonds. The summed E-state index contributed by atoms with van der Waals surface area (Å²) in [6, 6.07) is 6.35. The molecule has 2 N–H and O–H groups in total. The summed E-state index contributed by atoms with van der Waals surface area (Å²) >= 11 is 0. The minimum Gasteiger partial charge on any atom is -0.366 e. The van der Waals surface area contributed by atoms with Crippen LogP contribution in [0.15, 0.2) is 18.2 Å². The molecule has 2 rings (SSSR count). The average Bonchev–Trinajstić information content (AvgIpc) is 2.42. The van der Waals surface area contributed by atoms with Crippen LogP contribution in [0, 0.1) is 0 Å². The Morgan fingerprint density at radius 2 is 2.23 bits per heavy atom. The van der Waals surface area contributed by atoms with Crippen molar-refractivity contribution in [2.75, 3.05) is 0 Å². The van der Waals surface area contributed by atoms with E-state index in [4.69, 9.17) is 10.5 Å². The molecule has 0 saturated carbocycles. The van der Waals surface area contributed by atoms with Crippen LogP contribution in [0.1, 0.15) is 30.5 Å². The summed E-state index contributed by atoms with van der Waals surface area (Å²) in [5, 5.41) is 0. The van der Waals surface area contributed by atoms with Gasteiger partial charge < -0.3 is 10.5 Å². The van der Waals surface area contributed by atoms with Crippen LogP contribution in [-0.2, 0) is 23.5 Å². The summed E-state index contributed by atoms with van der Waals surface area (Å²) in [5.41, 5.74) is 9.21. The molecule has 70 valence electrons. The fourth-order valence-electron chi connectivity index (χ4n) is 1.77. The van der Waals surface area contributed by atoms with Crippen molar-refractivity contribution in [2.24, 2.45) is 5.73 Å². The first-order chi connectivity index (χ1) is 6.13. The number of rotatable bonds is 1. The summed E-state index contributed by atoms with van der Waals surface area (Å²) in [6.07, 6.45) is 0. The maximum atomic E-state index is 5.67. The maximum Gasteiger partial charge on any atom is 0.0883 e. The molecule has 0 fully saturated rings. The van der Waals surface area contributed by atoms with Gasteiger partial charge in [0.05, 0.1) is 12.2 Å². The second-order valence-corrected chi connectivity index (χ2v) is 3.99. The highest BCUT2D eigenvalue weighted by molar-refractivity contribution is 5.37. The zero-order chi connectivity index (χ0) is 9.47. The van der Waals surface area contributed by atoms with E-state index in [1.54, 1.807) is 0 Å². The molecular weight excluding hydrogens is 162 g/mol. The molecular formula is C11H15NO. The third-order valence-electron chi connectivity index (χ3n) is 2.65. The lowest BCUT2D eigenvalue weighted by Gasteiger charge is -2.18. The molecule has 0 atom stereocenters. The lowest BCUT2D eigenvalue weighted by Crippen LogP contribution is -2.15. The van der Waals surface area contributed by atoms with Crippen LogP contribution in [0.4, 0.5) is 0 Å². The summed E-state index contributed by atoms with van der Waals surface area (Å²) in [7, 11) is 0. The summed E-state index contributed by atoms with van der Waals surface area (Å²) in [4.78, 5) is 0. The molecule has 2 heteroatoms. The Balaban J connectivity index is 2.50. The normalized spacial score (nSPS) is 18.7. The molecule has 0 bridgehead atoms. The predicted molar refractivity (Wildman–Crippen MR) is 52.1 cm³/mol. The second-order valence-electron chi connectivity index (χ2n) is 3.99. The van der Waals surface area contributed by atoms with Crippen LogP contribution in [0.2, 0.25) is 0 Å². The van der Waals surface area contributed by atoms with E-state index in [0.717, 1.165) is 6.61 Å². The fourth-order valence-corrected chi connectivity index (χ4v) is 1.77. The van der Waals surface area contributed by atoms with Gasteiger partial charge in [-0.25, -0.2) is 0 Å². The Kier molecular flexibility index (Phi) is 1.90. The first kappa shape index (κ1) is 8.73. The first-order valence-corrected chi connectivity index (χ1v) is 4.60. The Morgan fingerprint density at radius 1 is 1.46 bits per heavy atom. The maximum absolute atomic E-state index is 5.67. The van der Waals surface area contributed by atoms with Crippen molar-refractivity contribution in [1.82, 2.24) is 0 Å². The van der Waals surface area contributed by atoms with E-state index in [2.05, 4.69) is 32.0 Å². The largest absolute Gasteiger partial charge is 0.366 e. The predicted octanol–water partition coefficient (Wildman–Crippen LogP) is 1.91. The number of hydrogen-bond donors (Lipinski definition) is 1. The number of hydrogen-bond acceptors (Lipinski definition) is 2. The van der Waals surface area contributed by atoms with E-state index in [0.29, 0.717) is 6.54 Å². The van der Waals surface area contributed by atoms with Gasteiger partial charge in [0, 0.05) is 6.54 Å². The highest BCUT2D eigenvalue weighted by atomic mass is 16.5. The molecule has 1 aliphatic rings. The Labute approximate surface area is 78.7 Å². The van der Waals surface area contributed by atoms with Crippen LogP contribution in [0.25, 0.3) is 0 Å². The van der Waals surface area contributed by atoms with Gasteiger partial charge >= 0.3 is 0 Å². The van der Waals surface area contributed by atoms with E-state index in [1.807, 2.05) is 0 Å². The molecule has 0 spiro atoms. The monoisotopic (exact) mass is 177 g/mol. The molecule has 0 aliphatic carbocycles. The zero-order valence-electron chi connectivity index (χ0n) is 8.13. The average molecular weight is 177 g/mol. The lowest BCUT2D eigenvalue weighted by atomic mass is 9.94. The molecule has 2 nitrogen and oxygen atoms in total. The van der Waals surface area contributed by atoms with Gasteiger partial charge in [0.1, 0.15) is 0 Å². The van der Waals surface area contributed by atoms with E-state index >= 15 is 0 Å². The van der Waals surface area contributed by atoms with Gasteiger partial charge in [-0.2, -0.15) is 0 Å². The molecule has 0 radical (unpaired) electrons. The summed E-state index contributed by atoms with van der Waals surface area (Å²) in [5.74, 6) is 0. The zero-order valence-corrected chi connectivity index (χ0v) is 8.13. The molecule has 1 heterocycles. The highest BCUT2D eigenvalue weighted by Crippen LogP contribution is 2.35. The first-order valence-electron chi connectivity index (χ1n) is 4.60. The van der Waals surface area contributed by atoms with E-state index < -0.39 is 0 Å². The van der Waals surface area contributed by atoms with Crippen molar-refractivity contribution < 1.29 is 4.74 Å². The van der Waals surface area contributed by atoms with Crippen molar-refractivity contribution in [1.29, 1.82) is 0 Å². The number of ether oxygens (including phenoxy) is 1. The number of fused-ring (bicyclic) bond motifs is 1. The van der Waals surface area contributed by atoms with Crippen LogP contribution in [0.5, 0.6) is 0 Å². The van der Waals surface area contributed by atoms with Gasteiger partial charge in [-0.3, -0.25) is 0 Å². The van der Waals surface area contributed by atoms with Crippen LogP contribution >= 0.6 is 0 Å². The lowest BCUT2D eigenvalue weighted by molar-refractivity contribution is -0.00791. The van der Waals surface area contributed by atoms with Crippen LogP contribution < -0.4 is 5.73 Å². The minimum absolute atomic E-state index is 0.138. The molecule has 1 aromatic rings. The molecule has 0 saturated heterocycles. The van der Waals surface area contributed by atoms with Crippen molar-refractivity contribution in [3.63, 3.8) is 0 Å². The highest BCUT2D eigenvalue weighted by Gasteiger charge is 2.30. The van der Waals surface area contributed by atoms with Gasteiger partial charge in [-0.15, -0.1) is 0 Å². The van der Waals surface area contributed by atoms with E-state index in [9.17, 15) is 0 Å². The topological polar surface area (TPSA) is 35.2 Å². The van der Waals surface area contributed by atoms with Crippen LogP contribution in [-0.4, -0.2) is 0 Å². The smallest absolute Gasteiger partial charge is 0.0883 e. The van der Waals surface area contributed by atoms with Crippen molar-refractivity contribution in [3.8, 4) is 0 Å². The molecule has 1 aliphatic heterocycles. The third-order valence-corrected chi connectivity index (χ3v) is 2.65. The van der Waals surface area contributed by atoms with E-state index in [1.165, 1.54) is 16.7 Å². The molecule has 13 heavy (non-hydrogen) atoms. The molecule has 1 aromatic carbocycles.